The van der Waals surface area contributed by atoms with Gasteiger partial charge >= 0.3 is 0 Å². The molecule has 0 aliphatic carbocycles. The second-order valence-electron chi connectivity index (χ2n) is 4.14. The van der Waals surface area contributed by atoms with E-state index in [2.05, 4.69) is 21.2 Å². The summed E-state index contributed by atoms with van der Waals surface area (Å²) in [6, 6.07) is 9.26. The van der Waals surface area contributed by atoms with Crippen LogP contribution in [0.5, 0.6) is 0 Å². The lowest BCUT2D eigenvalue weighted by Gasteiger charge is -2.06. The zero-order chi connectivity index (χ0) is 13.7. The molecule has 0 fully saturated rings. The summed E-state index contributed by atoms with van der Waals surface area (Å²) in [4.78, 5) is 13.0. The number of hydrogen-bond donors (Lipinski definition) is 2. The third kappa shape index (κ3) is 4.45. The molecule has 0 radical (unpaired) electrons. The average molecular weight is 340 g/mol. The zero-order valence-corrected chi connectivity index (χ0v) is 12.6. The molecule has 1 amide bonds. The van der Waals surface area contributed by atoms with Crippen molar-refractivity contribution < 1.29 is 9.90 Å². The highest BCUT2D eigenvalue weighted by Crippen LogP contribution is 2.21. The molecule has 0 saturated carbocycles. The van der Waals surface area contributed by atoms with E-state index in [1.165, 1.54) is 4.88 Å². The van der Waals surface area contributed by atoms with Gasteiger partial charge in [0.15, 0.2) is 0 Å². The van der Waals surface area contributed by atoms with E-state index in [4.69, 9.17) is 5.11 Å². The number of aliphatic hydroxyl groups is 1. The summed E-state index contributed by atoms with van der Waals surface area (Å²) in [6.45, 7) is -0.0209. The van der Waals surface area contributed by atoms with E-state index in [0.29, 0.717) is 6.42 Å². The molecule has 0 saturated heterocycles. The highest BCUT2D eigenvalue weighted by Gasteiger charge is 2.05. The lowest BCUT2D eigenvalue weighted by molar-refractivity contribution is -0.116. The summed E-state index contributed by atoms with van der Waals surface area (Å²) >= 11 is 5.04. The number of thiophene rings is 1. The summed E-state index contributed by atoms with van der Waals surface area (Å²) in [6.07, 6.45) is 1.19. The highest BCUT2D eigenvalue weighted by molar-refractivity contribution is 9.10. The van der Waals surface area contributed by atoms with E-state index in [1.54, 1.807) is 17.4 Å². The third-order valence-corrected chi connectivity index (χ3v) is 4.37. The monoisotopic (exact) mass is 339 g/mol. The topological polar surface area (TPSA) is 49.3 Å². The van der Waals surface area contributed by atoms with Crippen molar-refractivity contribution in [1.82, 2.24) is 0 Å². The number of aliphatic hydroxyl groups excluding tert-OH is 1. The first-order chi connectivity index (χ1) is 9.17. The number of halogens is 1. The fourth-order valence-electron chi connectivity index (χ4n) is 1.69. The van der Waals surface area contributed by atoms with Gasteiger partial charge in [-0.05, 0) is 46.1 Å². The summed E-state index contributed by atoms with van der Waals surface area (Å²) in [7, 11) is 0. The van der Waals surface area contributed by atoms with Gasteiger partial charge in [0, 0.05) is 26.8 Å². The molecular weight excluding hydrogens is 326 g/mol. The first-order valence-electron chi connectivity index (χ1n) is 5.90. The van der Waals surface area contributed by atoms with Gasteiger partial charge in [-0.15, -0.1) is 11.3 Å². The second kappa shape index (κ2) is 6.84. The van der Waals surface area contributed by atoms with Gasteiger partial charge in [-0.2, -0.15) is 0 Å². The summed E-state index contributed by atoms with van der Waals surface area (Å²) in [5.74, 6) is -0.0142. The molecule has 3 nitrogen and oxygen atoms in total. The minimum atomic E-state index is -0.0209. The summed E-state index contributed by atoms with van der Waals surface area (Å²) in [5.41, 5.74) is 1.52. The van der Waals surface area contributed by atoms with Gasteiger partial charge in [0.25, 0.3) is 0 Å². The van der Waals surface area contributed by atoms with Crippen LogP contribution >= 0.6 is 27.3 Å². The second-order valence-corrected chi connectivity index (χ2v) is 6.05. The van der Waals surface area contributed by atoms with Crippen molar-refractivity contribution in [3.05, 3.63) is 50.6 Å². The smallest absolute Gasteiger partial charge is 0.224 e. The van der Waals surface area contributed by atoms with Crippen LogP contribution in [-0.4, -0.2) is 11.0 Å². The van der Waals surface area contributed by atoms with Crippen LogP contribution < -0.4 is 5.32 Å². The van der Waals surface area contributed by atoms with Crippen LogP contribution in [0.2, 0.25) is 0 Å². The molecule has 0 aliphatic heterocycles. The lowest BCUT2D eigenvalue weighted by Crippen LogP contribution is -2.12. The molecular formula is C14H14BrNO2S. The van der Waals surface area contributed by atoms with E-state index < -0.39 is 0 Å². The van der Waals surface area contributed by atoms with Crippen molar-refractivity contribution in [3.63, 3.8) is 0 Å². The molecule has 0 atom stereocenters. The first kappa shape index (κ1) is 14.2. The maximum absolute atomic E-state index is 11.8. The fraction of sp³-hybridized carbons (Fsp3) is 0.214. The Hall–Kier alpha value is -1.17. The fourth-order valence-corrected chi connectivity index (χ4v) is 3.15. The molecule has 0 aliphatic rings. The van der Waals surface area contributed by atoms with Crippen LogP contribution in [0.15, 0.2) is 40.2 Å². The minimum absolute atomic E-state index is 0.0142. The van der Waals surface area contributed by atoms with Gasteiger partial charge in [-0.3, -0.25) is 4.79 Å². The van der Waals surface area contributed by atoms with Crippen molar-refractivity contribution in [3.8, 4) is 0 Å². The summed E-state index contributed by atoms with van der Waals surface area (Å²) in [5, 5.41) is 13.9. The first-order valence-corrected chi connectivity index (χ1v) is 7.57. The molecule has 2 aromatic rings. The molecule has 2 N–H and O–H groups in total. The number of anilines is 1. The molecule has 5 heteroatoms. The number of carbonyl (C=O) groups excluding carboxylic acids is 1. The predicted octanol–water partition coefficient (Wildman–Crippen LogP) is 3.57. The van der Waals surface area contributed by atoms with E-state index >= 15 is 0 Å². The van der Waals surface area contributed by atoms with Gasteiger partial charge < -0.3 is 10.4 Å². The van der Waals surface area contributed by atoms with Crippen LogP contribution in [0.1, 0.15) is 16.9 Å². The Morgan fingerprint density at radius 2 is 2.21 bits per heavy atom. The largest absolute Gasteiger partial charge is 0.392 e. The van der Waals surface area contributed by atoms with Crippen LogP contribution in [0, 0.1) is 0 Å². The Bertz CT molecular complexity index is 568. The van der Waals surface area contributed by atoms with Crippen LogP contribution in [0.25, 0.3) is 0 Å². The highest BCUT2D eigenvalue weighted by atomic mass is 79.9. The standard InChI is InChI=1S/C14H14BrNO2S/c15-11-7-13(19-9-11)4-5-14(18)16-12-3-1-2-10(6-12)8-17/h1-3,6-7,9,17H,4-5,8H2,(H,16,18). The molecule has 0 spiro atoms. The Kier molecular flexibility index (Phi) is 5.13. The van der Waals surface area contributed by atoms with E-state index in [0.717, 1.165) is 22.1 Å². The van der Waals surface area contributed by atoms with Crippen molar-refractivity contribution in [2.75, 3.05) is 5.32 Å². The molecule has 1 heterocycles. The predicted molar refractivity (Wildman–Crippen MR) is 81.3 cm³/mol. The molecule has 0 unspecified atom stereocenters. The number of carbonyl (C=O) groups is 1. The van der Waals surface area contributed by atoms with Gasteiger partial charge in [0.05, 0.1) is 6.61 Å². The molecule has 19 heavy (non-hydrogen) atoms. The Labute approximate surface area is 124 Å². The van der Waals surface area contributed by atoms with Gasteiger partial charge in [0.1, 0.15) is 0 Å². The number of nitrogens with one attached hydrogen (secondary N) is 1. The Morgan fingerprint density at radius 1 is 1.37 bits per heavy atom. The summed E-state index contributed by atoms with van der Waals surface area (Å²) < 4.78 is 1.06. The minimum Gasteiger partial charge on any atom is -0.392 e. The van der Waals surface area contributed by atoms with E-state index in [-0.39, 0.29) is 12.5 Å². The third-order valence-electron chi connectivity index (χ3n) is 2.61. The number of hydrogen-bond acceptors (Lipinski definition) is 3. The zero-order valence-electron chi connectivity index (χ0n) is 10.2. The lowest BCUT2D eigenvalue weighted by atomic mass is 10.2. The van der Waals surface area contributed by atoms with Gasteiger partial charge in [-0.1, -0.05) is 12.1 Å². The molecule has 1 aromatic carbocycles. The van der Waals surface area contributed by atoms with E-state index in [9.17, 15) is 4.79 Å². The maximum atomic E-state index is 11.8. The molecule has 0 bridgehead atoms. The molecule has 2 rings (SSSR count). The van der Waals surface area contributed by atoms with Crippen molar-refractivity contribution >= 4 is 38.9 Å². The Balaban J connectivity index is 1.86. The van der Waals surface area contributed by atoms with Crippen molar-refractivity contribution in [2.24, 2.45) is 0 Å². The number of benzene rings is 1. The van der Waals surface area contributed by atoms with Gasteiger partial charge in [-0.25, -0.2) is 0 Å². The molecule has 100 valence electrons. The van der Waals surface area contributed by atoms with Crippen LogP contribution in [0.3, 0.4) is 0 Å². The number of amides is 1. The number of rotatable bonds is 5. The van der Waals surface area contributed by atoms with Crippen molar-refractivity contribution in [1.29, 1.82) is 0 Å². The van der Waals surface area contributed by atoms with Gasteiger partial charge in [0.2, 0.25) is 5.91 Å². The normalized spacial score (nSPS) is 10.4. The SMILES string of the molecule is O=C(CCc1cc(Br)cs1)Nc1cccc(CO)c1. The van der Waals surface area contributed by atoms with E-state index in [1.807, 2.05) is 29.6 Å². The molecule has 1 aromatic heterocycles. The Morgan fingerprint density at radius 3 is 2.89 bits per heavy atom. The number of aryl methyl sites for hydroxylation is 1. The van der Waals surface area contributed by atoms with Crippen molar-refractivity contribution in [2.45, 2.75) is 19.4 Å². The average Bonchev–Trinajstić information content (AvgIpc) is 2.82. The van der Waals surface area contributed by atoms with Crippen LogP contribution in [0.4, 0.5) is 5.69 Å². The maximum Gasteiger partial charge on any atom is 0.224 e. The quantitative estimate of drug-likeness (QED) is 0.874. The van der Waals surface area contributed by atoms with Crippen LogP contribution in [-0.2, 0) is 17.8 Å².